The molecular weight excluding hydrogens is 346 g/mol. The summed E-state index contributed by atoms with van der Waals surface area (Å²) >= 11 is 7.12. The lowest BCUT2D eigenvalue weighted by Crippen LogP contribution is -2.52. The number of rotatable bonds is 7. The molecule has 23 heavy (non-hydrogen) atoms. The van der Waals surface area contributed by atoms with Crippen molar-refractivity contribution >= 4 is 28.9 Å². The smallest absolute Gasteiger partial charge is 0.279 e. The number of hydrogen-bond acceptors (Lipinski definition) is 6. The van der Waals surface area contributed by atoms with Crippen LogP contribution in [0.5, 0.6) is 0 Å². The average Bonchev–Trinajstić information content (AvgIpc) is 2.92. The standard InChI is InChI=1S/C12H18ClN5O4S/c1-3-9(2)22-8-17-7-21-6-16(12(17)15-18(19)20)5-10-4-14-11(13)23-10/h4,9H,3,5-8H2,1-2H3/b15-12+. The summed E-state index contributed by atoms with van der Waals surface area (Å²) in [6.07, 6.45) is 2.52. The van der Waals surface area contributed by atoms with Crippen LogP contribution in [0.25, 0.3) is 0 Å². The van der Waals surface area contributed by atoms with Crippen molar-refractivity contribution in [1.29, 1.82) is 0 Å². The zero-order valence-electron chi connectivity index (χ0n) is 12.8. The van der Waals surface area contributed by atoms with Gasteiger partial charge in [-0.1, -0.05) is 18.5 Å². The van der Waals surface area contributed by atoms with Gasteiger partial charge in [-0.05, 0) is 13.3 Å². The Bertz CT molecular complexity index is 569. The Morgan fingerprint density at radius 3 is 2.96 bits per heavy atom. The first-order valence-electron chi connectivity index (χ1n) is 7.02. The second kappa shape index (κ2) is 8.39. The van der Waals surface area contributed by atoms with Gasteiger partial charge in [0.2, 0.25) is 0 Å². The Kier molecular flexibility index (Phi) is 6.51. The van der Waals surface area contributed by atoms with Gasteiger partial charge in [-0.15, -0.1) is 11.3 Å². The molecule has 1 aromatic rings. The van der Waals surface area contributed by atoms with Crippen LogP contribution in [0.4, 0.5) is 0 Å². The summed E-state index contributed by atoms with van der Waals surface area (Å²) in [6, 6.07) is 0. The van der Waals surface area contributed by atoms with Crippen LogP contribution in [0.3, 0.4) is 0 Å². The second-order valence-electron chi connectivity index (χ2n) is 4.93. The molecule has 1 aromatic heterocycles. The molecule has 1 atom stereocenters. The summed E-state index contributed by atoms with van der Waals surface area (Å²) in [4.78, 5) is 18.9. The molecule has 0 spiro atoms. The maximum Gasteiger partial charge on any atom is 0.279 e. The molecule has 0 saturated carbocycles. The highest BCUT2D eigenvalue weighted by Gasteiger charge is 2.28. The second-order valence-corrected chi connectivity index (χ2v) is 6.63. The van der Waals surface area contributed by atoms with E-state index < -0.39 is 5.03 Å². The maximum atomic E-state index is 10.9. The molecule has 11 heteroatoms. The van der Waals surface area contributed by atoms with Gasteiger partial charge in [0, 0.05) is 11.1 Å². The van der Waals surface area contributed by atoms with Gasteiger partial charge in [-0.25, -0.2) is 15.1 Å². The topological polar surface area (TPSA) is 93.3 Å². The Balaban J connectivity index is 2.11. The fourth-order valence-corrected chi connectivity index (χ4v) is 2.86. The normalized spacial score (nSPS) is 18.5. The van der Waals surface area contributed by atoms with Gasteiger partial charge in [-0.2, -0.15) is 0 Å². The summed E-state index contributed by atoms with van der Waals surface area (Å²) in [5, 5.41) is 13.6. The summed E-state index contributed by atoms with van der Waals surface area (Å²) in [6.45, 7) is 4.86. The van der Waals surface area contributed by atoms with Crippen LogP contribution in [0.15, 0.2) is 11.3 Å². The molecule has 0 N–H and O–H groups in total. The maximum absolute atomic E-state index is 10.9. The Labute approximate surface area is 142 Å². The first-order chi connectivity index (χ1) is 11.0. The van der Waals surface area contributed by atoms with E-state index >= 15 is 0 Å². The predicted molar refractivity (Wildman–Crippen MR) is 85.5 cm³/mol. The van der Waals surface area contributed by atoms with Gasteiger partial charge in [0.25, 0.3) is 5.96 Å². The minimum Gasteiger partial charge on any atom is -0.358 e. The van der Waals surface area contributed by atoms with E-state index in [2.05, 4.69) is 10.1 Å². The molecule has 0 amide bonds. The number of nitro groups is 1. The molecule has 0 bridgehead atoms. The van der Waals surface area contributed by atoms with Gasteiger partial charge < -0.3 is 14.4 Å². The Morgan fingerprint density at radius 1 is 1.61 bits per heavy atom. The van der Waals surface area contributed by atoms with Gasteiger partial charge in [0.15, 0.2) is 9.50 Å². The minimum absolute atomic E-state index is 0.0440. The van der Waals surface area contributed by atoms with Gasteiger partial charge in [0.05, 0.1) is 12.6 Å². The lowest BCUT2D eigenvalue weighted by atomic mass is 10.3. The number of ether oxygens (including phenoxy) is 2. The molecule has 0 radical (unpaired) electrons. The fraction of sp³-hybridized carbons (Fsp3) is 0.667. The van der Waals surface area contributed by atoms with Crippen LogP contribution >= 0.6 is 22.9 Å². The SMILES string of the molecule is CCC(C)OCN1COCN(Cc2cnc(Cl)s2)/C1=N\[N+](=O)[O-]. The summed E-state index contributed by atoms with van der Waals surface area (Å²) in [7, 11) is 0. The van der Waals surface area contributed by atoms with E-state index in [1.807, 2.05) is 13.8 Å². The van der Waals surface area contributed by atoms with Gasteiger partial charge >= 0.3 is 0 Å². The number of thiazole rings is 1. The lowest BCUT2D eigenvalue weighted by molar-refractivity contribution is -0.487. The average molecular weight is 364 g/mol. The molecule has 128 valence electrons. The zero-order valence-corrected chi connectivity index (χ0v) is 14.4. The van der Waals surface area contributed by atoms with Crippen molar-refractivity contribution in [3.05, 3.63) is 25.7 Å². The summed E-state index contributed by atoms with van der Waals surface area (Å²) in [5.41, 5.74) is 0. The summed E-state index contributed by atoms with van der Waals surface area (Å²) < 4.78 is 11.5. The monoisotopic (exact) mass is 363 g/mol. The van der Waals surface area contributed by atoms with Gasteiger partial charge in [0.1, 0.15) is 25.3 Å². The Hall–Kier alpha value is -1.49. The van der Waals surface area contributed by atoms with E-state index in [9.17, 15) is 10.1 Å². The molecule has 1 aliphatic heterocycles. The first-order valence-corrected chi connectivity index (χ1v) is 8.21. The van der Waals surface area contributed by atoms with Crippen LogP contribution in [-0.2, 0) is 16.0 Å². The molecule has 1 fully saturated rings. The fourth-order valence-electron chi connectivity index (χ4n) is 1.87. The van der Waals surface area contributed by atoms with Crippen LogP contribution in [0.1, 0.15) is 25.1 Å². The molecule has 9 nitrogen and oxygen atoms in total. The molecule has 2 heterocycles. The van der Waals surface area contributed by atoms with E-state index in [1.54, 1.807) is 16.0 Å². The largest absolute Gasteiger partial charge is 0.358 e. The van der Waals surface area contributed by atoms with E-state index in [1.165, 1.54) is 11.3 Å². The molecule has 0 aliphatic carbocycles. The third-order valence-electron chi connectivity index (χ3n) is 3.19. The van der Waals surface area contributed by atoms with Crippen molar-refractivity contribution in [2.75, 3.05) is 20.2 Å². The number of aromatic nitrogens is 1. The third kappa shape index (κ3) is 5.27. The quantitative estimate of drug-likeness (QED) is 0.541. The number of hydrazone groups is 1. The van der Waals surface area contributed by atoms with Crippen molar-refractivity contribution in [3.8, 4) is 0 Å². The predicted octanol–water partition coefficient (Wildman–Crippen LogP) is 2.17. The highest BCUT2D eigenvalue weighted by Crippen LogP contribution is 2.21. The molecule has 2 rings (SSSR count). The van der Waals surface area contributed by atoms with Crippen molar-refractivity contribution in [1.82, 2.24) is 14.8 Å². The van der Waals surface area contributed by atoms with E-state index in [0.29, 0.717) is 11.0 Å². The number of guanidine groups is 1. The van der Waals surface area contributed by atoms with Crippen LogP contribution in [-0.4, -0.2) is 52.1 Å². The van der Waals surface area contributed by atoms with Crippen LogP contribution in [0, 0.1) is 10.1 Å². The van der Waals surface area contributed by atoms with E-state index in [0.717, 1.165) is 11.3 Å². The Morgan fingerprint density at radius 2 is 2.35 bits per heavy atom. The third-order valence-corrected chi connectivity index (χ3v) is 4.29. The van der Waals surface area contributed by atoms with E-state index in [4.69, 9.17) is 21.1 Å². The first kappa shape index (κ1) is 17.9. The van der Waals surface area contributed by atoms with Crippen molar-refractivity contribution in [2.45, 2.75) is 32.9 Å². The van der Waals surface area contributed by atoms with E-state index in [-0.39, 0.29) is 32.3 Å². The van der Waals surface area contributed by atoms with Crippen LogP contribution < -0.4 is 0 Å². The molecule has 1 saturated heterocycles. The molecule has 0 aromatic carbocycles. The zero-order chi connectivity index (χ0) is 16.8. The highest BCUT2D eigenvalue weighted by molar-refractivity contribution is 7.15. The molecular formula is C12H18ClN5O4S. The van der Waals surface area contributed by atoms with Crippen molar-refractivity contribution in [3.63, 3.8) is 0 Å². The number of halogens is 1. The van der Waals surface area contributed by atoms with Crippen molar-refractivity contribution < 1.29 is 14.5 Å². The lowest BCUT2D eigenvalue weighted by Gasteiger charge is -2.36. The highest BCUT2D eigenvalue weighted by atomic mass is 35.5. The minimum atomic E-state index is -0.719. The molecule has 1 unspecified atom stereocenters. The van der Waals surface area contributed by atoms with Crippen LogP contribution in [0.2, 0.25) is 4.47 Å². The number of hydrogen-bond donors (Lipinski definition) is 0. The number of nitrogens with zero attached hydrogens (tertiary/aromatic N) is 5. The van der Waals surface area contributed by atoms with Gasteiger partial charge in [-0.3, -0.25) is 4.90 Å². The van der Waals surface area contributed by atoms with Crippen molar-refractivity contribution in [2.24, 2.45) is 5.10 Å². The summed E-state index contributed by atoms with van der Waals surface area (Å²) in [5.74, 6) is 0.203. The molecule has 1 aliphatic rings.